The number of amides is 2. The molecule has 4 rings (SSSR count). The van der Waals surface area contributed by atoms with E-state index in [4.69, 9.17) is 4.74 Å². The van der Waals surface area contributed by atoms with Crippen LogP contribution in [0, 0.1) is 34.8 Å². The van der Waals surface area contributed by atoms with Crippen molar-refractivity contribution >= 4 is 11.8 Å². The Morgan fingerprint density at radius 1 is 1.05 bits per heavy atom. The molecule has 1 N–H and O–H groups in total. The van der Waals surface area contributed by atoms with Crippen LogP contribution in [-0.2, 0) is 14.3 Å². The van der Waals surface area contributed by atoms with Crippen molar-refractivity contribution in [2.45, 2.75) is 110 Å². The Balaban J connectivity index is 1.48. The van der Waals surface area contributed by atoms with E-state index < -0.39 is 11.6 Å². The van der Waals surface area contributed by atoms with Crippen molar-refractivity contribution in [3.63, 3.8) is 0 Å². The van der Waals surface area contributed by atoms with Gasteiger partial charge in [0, 0.05) is 56.2 Å². The van der Waals surface area contributed by atoms with Gasteiger partial charge in [0.2, 0.25) is 11.8 Å². The zero-order valence-corrected chi connectivity index (χ0v) is 26.8. The number of likely N-dealkylation sites (tertiary alicyclic amines) is 1. The van der Waals surface area contributed by atoms with Crippen LogP contribution >= 0.6 is 0 Å². The molecule has 6 nitrogen and oxygen atoms in total. The highest BCUT2D eigenvalue weighted by molar-refractivity contribution is 5.80. The molecule has 0 bridgehead atoms. The normalized spacial score (nSPS) is 26.6. The Morgan fingerprint density at radius 3 is 2.31 bits per heavy atom. The molecule has 3 aliphatic rings. The van der Waals surface area contributed by atoms with Crippen LogP contribution in [-0.4, -0.2) is 72.6 Å². The van der Waals surface area contributed by atoms with E-state index in [1.807, 2.05) is 4.90 Å². The number of likely N-dealkylation sites (N-methyl/N-ethyl adjacent to an activating group) is 1. The van der Waals surface area contributed by atoms with Gasteiger partial charge in [-0.05, 0) is 101 Å². The molecular weight excluding hydrogens is 536 g/mol. The SMILES string of the molecule is CC(=O)NC(C)(C)CC(CC(C)(C)C)C1CCN(C(=O)[C@@H]2CC(N(C)C3CCOC3)C[C@H]2c2ccc(F)cc2F)CC1. The molecule has 0 spiro atoms. The van der Waals surface area contributed by atoms with Gasteiger partial charge in [0.05, 0.1) is 6.61 Å². The third-order valence-electron chi connectivity index (χ3n) is 9.95. The highest BCUT2D eigenvalue weighted by Crippen LogP contribution is 2.45. The standard InChI is InChI=1S/C34H53F2N3O3/c1-22(40)37-34(5,6)20-24(19-33(2,3)4)23-10-13-39(14-11-23)32(41)30-18-27(38(7)26-12-15-42-21-26)17-29(30)28-9-8-25(35)16-31(28)36/h8-9,16,23-24,26-27,29-30H,10-15,17-21H2,1-7H3,(H,37,40)/t24?,26?,27?,29-,30+/m0/s1. The predicted molar refractivity (Wildman–Crippen MR) is 162 cm³/mol. The molecule has 2 aliphatic heterocycles. The molecule has 1 aromatic carbocycles. The van der Waals surface area contributed by atoms with Gasteiger partial charge in [0.15, 0.2) is 0 Å². The zero-order valence-electron chi connectivity index (χ0n) is 26.8. The lowest BCUT2D eigenvalue weighted by Crippen LogP contribution is -2.47. The fourth-order valence-corrected chi connectivity index (χ4v) is 8.10. The summed E-state index contributed by atoms with van der Waals surface area (Å²) in [5.41, 5.74) is 0.316. The maximum absolute atomic E-state index is 15.1. The Morgan fingerprint density at radius 2 is 1.74 bits per heavy atom. The van der Waals surface area contributed by atoms with E-state index in [0.29, 0.717) is 56.0 Å². The van der Waals surface area contributed by atoms with Gasteiger partial charge in [0.25, 0.3) is 0 Å². The Labute approximate surface area is 251 Å². The van der Waals surface area contributed by atoms with Crippen LogP contribution < -0.4 is 5.32 Å². The molecule has 2 saturated heterocycles. The highest BCUT2D eigenvalue weighted by atomic mass is 19.1. The van der Waals surface area contributed by atoms with E-state index >= 15 is 4.39 Å². The first-order chi connectivity index (χ1) is 19.6. The number of halogens is 2. The molecule has 0 aromatic heterocycles. The summed E-state index contributed by atoms with van der Waals surface area (Å²) >= 11 is 0. The van der Waals surface area contributed by atoms with Crippen molar-refractivity contribution in [1.29, 1.82) is 0 Å². The molecule has 3 fully saturated rings. The van der Waals surface area contributed by atoms with Crippen molar-refractivity contribution in [1.82, 2.24) is 15.1 Å². The van der Waals surface area contributed by atoms with E-state index in [2.05, 4.69) is 51.9 Å². The second-order valence-electron chi connectivity index (χ2n) is 15.1. The van der Waals surface area contributed by atoms with Crippen LogP contribution in [0.5, 0.6) is 0 Å². The van der Waals surface area contributed by atoms with Gasteiger partial charge in [0.1, 0.15) is 11.6 Å². The number of hydrogen-bond acceptors (Lipinski definition) is 4. The fraction of sp³-hybridized carbons (Fsp3) is 0.765. The molecular formula is C34H53F2N3O3. The lowest BCUT2D eigenvalue weighted by Gasteiger charge is -2.42. The van der Waals surface area contributed by atoms with E-state index in [1.54, 1.807) is 6.92 Å². The number of ether oxygens (including phenoxy) is 1. The van der Waals surface area contributed by atoms with Crippen molar-refractivity contribution in [2.24, 2.45) is 23.2 Å². The van der Waals surface area contributed by atoms with Gasteiger partial charge in [-0.1, -0.05) is 26.8 Å². The van der Waals surface area contributed by atoms with E-state index in [9.17, 15) is 14.0 Å². The van der Waals surface area contributed by atoms with Gasteiger partial charge in [-0.25, -0.2) is 8.78 Å². The van der Waals surface area contributed by atoms with Gasteiger partial charge in [-0.2, -0.15) is 0 Å². The third-order valence-corrected chi connectivity index (χ3v) is 9.95. The predicted octanol–water partition coefficient (Wildman–Crippen LogP) is 6.14. The van der Waals surface area contributed by atoms with E-state index in [-0.39, 0.29) is 40.6 Å². The second kappa shape index (κ2) is 13.3. The first-order valence-corrected chi connectivity index (χ1v) is 16.0. The van der Waals surface area contributed by atoms with Crippen LogP contribution in [0.15, 0.2) is 18.2 Å². The number of piperidine rings is 1. The Hall–Kier alpha value is -2.06. The minimum atomic E-state index is -0.595. The summed E-state index contributed by atoms with van der Waals surface area (Å²) in [4.78, 5) is 30.3. The summed E-state index contributed by atoms with van der Waals surface area (Å²) < 4.78 is 34.5. The van der Waals surface area contributed by atoms with Gasteiger partial charge in [-0.15, -0.1) is 0 Å². The van der Waals surface area contributed by atoms with Gasteiger partial charge in [-0.3, -0.25) is 14.5 Å². The first kappa shape index (κ1) is 32.8. The Kier molecular flexibility index (Phi) is 10.4. The number of hydrogen-bond donors (Lipinski definition) is 1. The summed E-state index contributed by atoms with van der Waals surface area (Å²) in [5.74, 6) is -0.772. The Bertz CT molecular complexity index is 1090. The quantitative estimate of drug-likeness (QED) is 0.376. The maximum atomic E-state index is 15.1. The number of nitrogens with zero attached hydrogens (tertiary/aromatic N) is 2. The zero-order chi connectivity index (χ0) is 30.8. The summed E-state index contributed by atoms with van der Waals surface area (Å²) in [7, 11) is 2.10. The van der Waals surface area contributed by atoms with Crippen LogP contribution in [0.1, 0.15) is 98.0 Å². The average Bonchev–Trinajstić information content (AvgIpc) is 3.57. The largest absolute Gasteiger partial charge is 0.380 e. The van der Waals surface area contributed by atoms with Crippen LogP contribution in [0.3, 0.4) is 0 Å². The van der Waals surface area contributed by atoms with Crippen LogP contribution in [0.2, 0.25) is 0 Å². The number of benzene rings is 1. The number of rotatable bonds is 9. The minimum Gasteiger partial charge on any atom is -0.380 e. The summed E-state index contributed by atoms with van der Waals surface area (Å²) in [5, 5.41) is 3.13. The molecule has 0 radical (unpaired) electrons. The topological polar surface area (TPSA) is 61.9 Å². The van der Waals surface area contributed by atoms with Crippen LogP contribution in [0.25, 0.3) is 0 Å². The first-order valence-electron chi connectivity index (χ1n) is 16.0. The molecule has 1 aliphatic carbocycles. The third kappa shape index (κ3) is 8.31. The molecule has 1 aromatic rings. The molecule has 3 unspecified atom stereocenters. The molecule has 5 atom stereocenters. The number of carbonyl (C=O) groups is 2. The van der Waals surface area contributed by atoms with Gasteiger partial charge >= 0.3 is 0 Å². The smallest absolute Gasteiger partial charge is 0.226 e. The van der Waals surface area contributed by atoms with Gasteiger partial charge < -0.3 is 15.0 Å². The summed E-state index contributed by atoms with van der Waals surface area (Å²) in [6, 6.07) is 4.24. The molecule has 2 heterocycles. The molecule has 2 amide bonds. The molecule has 8 heteroatoms. The highest BCUT2D eigenvalue weighted by Gasteiger charge is 2.45. The molecule has 236 valence electrons. The monoisotopic (exact) mass is 589 g/mol. The lowest BCUT2D eigenvalue weighted by molar-refractivity contribution is -0.138. The van der Waals surface area contributed by atoms with Crippen molar-refractivity contribution < 1.29 is 23.1 Å². The number of carbonyl (C=O) groups excluding carboxylic acids is 2. The van der Waals surface area contributed by atoms with Crippen molar-refractivity contribution in [2.75, 3.05) is 33.4 Å². The molecule has 1 saturated carbocycles. The minimum absolute atomic E-state index is 0.0111. The lowest BCUT2D eigenvalue weighted by atomic mass is 9.70. The summed E-state index contributed by atoms with van der Waals surface area (Å²) in [6.45, 7) is 15.4. The summed E-state index contributed by atoms with van der Waals surface area (Å²) in [6.07, 6.45) is 6.11. The van der Waals surface area contributed by atoms with Crippen LogP contribution in [0.4, 0.5) is 8.78 Å². The fourth-order valence-electron chi connectivity index (χ4n) is 8.10. The molecule has 42 heavy (non-hydrogen) atoms. The maximum Gasteiger partial charge on any atom is 0.226 e. The van der Waals surface area contributed by atoms with E-state index in [1.165, 1.54) is 12.1 Å². The van der Waals surface area contributed by atoms with Crippen molar-refractivity contribution in [3.8, 4) is 0 Å². The second-order valence-corrected chi connectivity index (χ2v) is 15.1. The van der Waals surface area contributed by atoms with E-state index in [0.717, 1.165) is 44.8 Å². The number of nitrogens with one attached hydrogen (secondary N) is 1. The average molecular weight is 590 g/mol. The van der Waals surface area contributed by atoms with Crippen molar-refractivity contribution in [3.05, 3.63) is 35.4 Å².